The van der Waals surface area contributed by atoms with E-state index in [1.807, 2.05) is 0 Å². The van der Waals surface area contributed by atoms with Crippen molar-refractivity contribution in [1.82, 2.24) is 9.88 Å². The number of aromatic nitrogens is 1. The molecule has 0 saturated carbocycles. The molecule has 86 valence electrons. The van der Waals surface area contributed by atoms with Crippen molar-refractivity contribution in [3.05, 3.63) is 36.0 Å². The molecule has 0 aliphatic carbocycles. The Hall–Kier alpha value is -1.28. The highest BCUT2D eigenvalue weighted by molar-refractivity contribution is 5.83. The van der Waals surface area contributed by atoms with Crippen LogP contribution in [0.3, 0.4) is 0 Å². The first kappa shape index (κ1) is 11.2. The summed E-state index contributed by atoms with van der Waals surface area (Å²) in [6, 6.07) is 8.63. The summed E-state index contributed by atoms with van der Waals surface area (Å²) >= 11 is 0. The van der Waals surface area contributed by atoms with Gasteiger partial charge in [-0.15, -0.1) is 0 Å². The van der Waals surface area contributed by atoms with Gasteiger partial charge < -0.3 is 9.88 Å². The van der Waals surface area contributed by atoms with Crippen molar-refractivity contribution in [2.24, 2.45) is 0 Å². The summed E-state index contributed by atoms with van der Waals surface area (Å²) in [5.74, 6) is 0. The molecule has 1 aromatic carbocycles. The van der Waals surface area contributed by atoms with Gasteiger partial charge in [-0.05, 0) is 38.1 Å². The second-order valence-corrected chi connectivity index (χ2v) is 4.23. The molecule has 0 aliphatic rings. The number of nitrogens with zero attached hydrogens (tertiary/aromatic N) is 1. The van der Waals surface area contributed by atoms with Gasteiger partial charge in [0.2, 0.25) is 0 Å². The number of nitrogens with one attached hydrogen (secondary N) is 1. The van der Waals surface area contributed by atoms with Crippen LogP contribution in [0.5, 0.6) is 0 Å². The van der Waals surface area contributed by atoms with E-state index in [0.717, 1.165) is 19.6 Å². The maximum atomic E-state index is 3.36. The zero-order chi connectivity index (χ0) is 11.4. The zero-order valence-corrected chi connectivity index (χ0v) is 10.2. The Labute approximate surface area is 97.3 Å². The quantitative estimate of drug-likeness (QED) is 0.760. The van der Waals surface area contributed by atoms with Crippen molar-refractivity contribution in [2.75, 3.05) is 13.1 Å². The molecule has 0 spiro atoms. The molecule has 16 heavy (non-hydrogen) atoms. The van der Waals surface area contributed by atoms with Crippen LogP contribution in [0.25, 0.3) is 10.9 Å². The van der Waals surface area contributed by atoms with Gasteiger partial charge >= 0.3 is 0 Å². The van der Waals surface area contributed by atoms with E-state index in [1.54, 1.807) is 0 Å². The lowest BCUT2D eigenvalue weighted by molar-refractivity contribution is 0.603. The van der Waals surface area contributed by atoms with Gasteiger partial charge in [0, 0.05) is 23.6 Å². The van der Waals surface area contributed by atoms with Gasteiger partial charge in [-0.2, -0.15) is 0 Å². The molecule has 2 aromatic rings. The molecule has 2 nitrogen and oxygen atoms in total. The molecule has 2 heteroatoms. The Kier molecular flexibility index (Phi) is 3.62. The van der Waals surface area contributed by atoms with Crippen LogP contribution in [0.1, 0.15) is 18.9 Å². The Morgan fingerprint density at radius 1 is 1.25 bits per heavy atom. The Morgan fingerprint density at radius 3 is 2.88 bits per heavy atom. The van der Waals surface area contributed by atoms with Crippen molar-refractivity contribution >= 4 is 10.9 Å². The van der Waals surface area contributed by atoms with Crippen LogP contribution in [0.15, 0.2) is 30.5 Å². The van der Waals surface area contributed by atoms with Crippen molar-refractivity contribution in [3.63, 3.8) is 0 Å². The van der Waals surface area contributed by atoms with E-state index in [0.29, 0.717) is 0 Å². The number of para-hydroxylation sites is 1. The zero-order valence-electron chi connectivity index (χ0n) is 10.2. The standard InChI is InChI=1S/C14H20N2/c1-3-15-9-6-10-16-11-12(2)13-7-4-5-8-14(13)16/h4-5,7-8,11,15H,3,6,9-10H2,1-2H3. The van der Waals surface area contributed by atoms with E-state index in [-0.39, 0.29) is 0 Å². The van der Waals surface area contributed by atoms with E-state index in [4.69, 9.17) is 0 Å². The Morgan fingerprint density at radius 2 is 2.06 bits per heavy atom. The highest BCUT2D eigenvalue weighted by Crippen LogP contribution is 2.20. The van der Waals surface area contributed by atoms with Crippen LogP contribution < -0.4 is 5.32 Å². The van der Waals surface area contributed by atoms with E-state index in [1.165, 1.54) is 22.9 Å². The van der Waals surface area contributed by atoms with Crippen molar-refractivity contribution in [3.8, 4) is 0 Å². The lowest BCUT2D eigenvalue weighted by atomic mass is 10.2. The van der Waals surface area contributed by atoms with Crippen LogP contribution in [0.2, 0.25) is 0 Å². The molecule has 1 heterocycles. The minimum absolute atomic E-state index is 1.06. The van der Waals surface area contributed by atoms with Gasteiger partial charge in [0.05, 0.1) is 0 Å². The van der Waals surface area contributed by atoms with Crippen molar-refractivity contribution in [1.29, 1.82) is 0 Å². The van der Waals surface area contributed by atoms with Crippen LogP contribution in [-0.4, -0.2) is 17.7 Å². The van der Waals surface area contributed by atoms with Crippen molar-refractivity contribution in [2.45, 2.75) is 26.8 Å². The second kappa shape index (κ2) is 5.17. The highest BCUT2D eigenvalue weighted by Gasteiger charge is 2.03. The van der Waals surface area contributed by atoms with E-state index in [2.05, 4.69) is 54.2 Å². The molecule has 0 fully saturated rings. The van der Waals surface area contributed by atoms with Gasteiger partial charge in [0.25, 0.3) is 0 Å². The third-order valence-corrected chi connectivity index (χ3v) is 2.99. The fourth-order valence-corrected chi connectivity index (χ4v) is 2.17. The van der Waals surface area contributed by atoms with E-state index >= 15 is 0 Å². The largest absolute Gasteiger partial charge is 0.347 e. The fourth-order valence-electron chi connectivity index (χ4n) is 2.17. The molecule has 0 bridgehead atoms. The topological polar surface area (TPSA) is 17.0 Å². The molecule has 0 saturated heterocycles. The molecule has 0 aliphatic heterocycles. The summed E-state index contributed by atoms with van der Waals surface area (Å²) in [4.78, 5) is 0. The lowest BCUT2D eigenvalue weighted by Crippen LogP contribution is -2.15. The molecule has 0 radical (unpaired) electrons. The molecular formula is C14H20N2. The Bertz CT molecular complexity index is 457. The van der Waals surface area contributed by atoms with Gasteiger partial charge in [-0.25, -0.2) is 0 Å². The van der Waals surface area contributed by atoms with E-state index < -0.39 is 0 Å². The van der Waals surface area contributed by atoms with Gasteiger partial charge in [-0.1, -0.05) is 25.1 Å². The normalized spacial score (nSPS) is 11.1. The van der Waals surface area contributed by atoms with Crippen LogP contribution in [-0.2, 0) is 6.54 Å². The molecule has 0 amide bonds. The summed E-state index contributed by atoms with van der Waals surface area (Å²) in [6.45, 7) is 7.59. The summed E-state index contributed by atoms with van der Waals surface area (Å²) in [5.41, 5.74) is 2.73. The fraction of sp³-hybridized carbons (Fsp3) is 0.429. The summed E-state index contributed by atoms with van der Waals surface area (Å²) in [6.07, 6.45) is 3.45. The molecule has 0 atom stereocenters. The molecule has 2 rings (SSSR count). The van der Waals surface area contributed by atoms with Crippen LogP contribution in [0, 0.1) is 6.92 Å². The van der Waals surface area contributed by atoms with Gasteiger partial charge in [-0.3, -0.25) is 0 Å². The maximum absolute atomic E-state index is 3.36. The minimum Gasteiger partial charge on any atom is -0.347 e. The predicted octanol–water partition coefficient (Wildman–Crippen LogP) is 2.95. The average molecular weight is 216 g/mol. The number of hydrogen-bond donors (Lipinski definition) is 1. The van der Waals surface area contributed by atoms with Gasteiger partial charge in [0.1, 0.15) is 0 Å². The predicted molar refractivity (Wildman–Crippen MR) is 69.8 cm³/mol. The Balaban J connectivity index is 2.12. The first-order chi connectivity index (χ1) is 7.83. The van der Waals surface area contributed by atoms with Crippen molar-refractivity contribution < 1.29 is 0 Å². The number of fused-ring (bicyclic) bond motifs is 1. The molecular weight excluding hydrogens is 196 g/mol. The summed E-state index contributed by atoms with van der Waals surface area (Å²) < 4.78 is 2.36. The first-order valence-corrected chi connectivity index (χ1v) is 6.08. The van der Waals surface area contributed by atoms with Gasteiger partial charge in [0.15, 0.2) is 0 Å². The number of rotatable bonds is 5. The number of aryl methyl sites for hydroxylation is 2. The SMILES string of the molecule is CCNCCCn1cc(C)c2ccccc21. The lowest BCUT2D eigenvalue weighted by Gasteiger charge is -2.05. The molecule has 1 N–H and O–H groups in total. The molecule has 1 aromatic heterocycles. The minimum atomic E-state index is 1.06. The van der Waals surface area contributed by atoms with Crippen LogP contribution >= 0.6 is 0 Å². The smallest absolute Gasteiger partial charge is 0.0483 e. The highest BCUT2D eigenvalue weighted by atomic mass is 15.0. The number of benzene rings is 1. The summed E-state index contributed by atoms with van der Waals surface area (Å²) in [5, 5.41) is 4.74. The third kappa shape index (κ3) is 2.27. The average Bonchev–Trinajstić information content (AvgIpc) is 2.63. The third-order valence-electron chi connectivity index (χ3n) is 2.99. The maximum Gasteiger partial charge on any atom is 0.0483 e. The first-order valence-electron chi connectivity index (χ1n) is 6.08. The van der Waals surface area contributed by atoms with Crippen LogP contribution in [0.4, 0.5) is 0 Å². The monoisotopic (exact) mass is 216 g/mol. The molecule has 0 unspecified atom stereocenters. The summed E-state index contributed by atoms with van der Waals surface area (Å²) in [7, 11) is 0. The second-order valence-electron chi connectivity index (χ2n) is 4.23. The van der Waals surface area contributed by atoms with E-state index in [9.17, 15) is 0 Å². The number of hydrogen-bond acceptors (Lipinski definition) is 1.